The fourth-order valence-electron chi connectivity index (χ4n) is 1.32. The van der Waals surface area contributed by atoms with E-state index in [1.807, 2.05) is 0 Å². The topological polar surface area (TPSA) is 58.6 Å². The molecule has 1 rings (SSSR count). The van der Waals surface area contributed by atoms with Crippen molar-refractivity contribution < 1.29 is 19.0 Å². The van der Waals surface area contributed by atoms with Gasteiger partial charge in [0.25, 0.3) is 5.91 Å². The van der Waals surface area contributed by atoms with Crippen molar-refractivity contribution in [1.29, 1.82) is 0 Å². The van der Waals surface area contributed by atoms with E-state index in [9.17, 15) is 9.18 Å². The van der Waals surface area contributed by atoms with Crippen LogP contribution in [0.5, 0.6) is 5.75 Å². The molecule has 1 aromatic carbocycles. The van der Waals surface area contributed by atoms with Gasteiger partial charge in [0.1, 0.15) is 11.6 Å². The highest BCUT2D eigenvalue weighted by Gasteiger charge is 2.09. The average molecular weight is 276 g/mol. The molecular weight excluding hydrogens is 261 g/mol. The van der Waals surface area contributed by atoms with Gasteiger partial charge in [0.15, 0.2) is 6.61 Å². The number of ether oxygens (including phenoxy) is 1. The van der Waals surface area contributed by atoms with Crippen molar-refractivity contribution in [2.45, 2.75) is 19.4 Å². The van der Waals surface area contributed by atoms with Gasteiger partial charge in [0, 0.05) is 12.6 Å². The van der Waals surface area contributed by atoms with Crippen LogP contribution in [-0.4, -0.2) is 30.3 Å². The molecule has 0 heterocycles. The number of amides is 1. The molecule has 1 atom stereocenters. The SMILES string of the molecule is CC(CCO)NC(=O)COc1ccc(F)cc1Cl. The Morgan fingerprint density at radius 2 is 2.33 bits per heavy atom. The predicted octanol–water partition coefficient (Wildman–Crippen LogP) is 1.74. The third-order valence-electron chi connectivity index (χ3n) is 2.22. The number of halogens is 2. The van der Waals surface area contributed by atoms with Crippen molar-refractivity contribution in [2.75, 3.05) is 13.2 Å². The summed E-state index contributed by atoms with van der Waals surface area (Å²) in [5.74, 6) is -0.535. The van der Waals surface area contributed by atoms with Crippen molar-refractivity contribution in [3.05, 3.63) is 29.0 Å². The maximum atomic E-state index is 12.8. The van der Waals surface area contributed by atoms with Crippen molar-refractivity contribution in [1.82, 2.24) is 5.32 Å². The van der Waals surface area contributed by atoms with Gasteiger partial charge in [-0.3, -0.25) is 4.79 Å². The zero-order valence-corrected chi connectivity index (χ0v) is 10.7. The second-order valence-electron chi connectivity index (χ2n) is 3.84. The first-order chi connectivity index (χ1) is 8.52. The summed E-state index contributed by atoms with van der Waals surface area (Å²) in [5.41, 5.74) is 0. The molecule has 0 spiro atoms. The van der Waals surface area contributed by atoms with Crippen molar-refractivity contribution in [2.24, 2.45) is 0 Å². The van der Waals surface area contributed by atoms with Gasteiger partial charge in [0.05, 0.1) is 5.02 Å². The van der Waals surface area contributed by atoms with E-state index in [2.05, 4.69) is 5.32 Å². The largest absolute Gasteiger partial charge is 0.482 e. The quantitative estimate of drug-likeness (QED) is 0.831. The molecule has 0 aliphatic rings. The van der Waals surface area contributed by atoms with Crippen LogP contribution in [0.3, 0.4) is 0 Å². The van der Waals surface area contributed by atoms with Crippen LogP contribution in [0.15, 0.2) is 18.2 Å². The highest BCUT2D eigenvalue weighted by molar-refractivity contribution is 6.32. The minimum absolute atomic E-state index is 0.00605. The summed E-state index contributed by atoms with van der Waals surface area (Å²) in [6.07, 6.45) is 0.475. The van der Waals surface area contributed by atoms with Crippen LogP contribution >= 0.6 is 11.6 Å². The molecule has 1 aromatic rings. The van der Waals surface area contributed by atoms with Crippen molar-refractivity contribution in [3.63, 3.8) is 0 Å². The fourth-order valence-corrected chi connectivity index (χ4v) is 1.54. The first-order valence-corrected chi connectivity index (χ1v) is 5.88. The second-order valence-corrected chi connectivity index (χ2v) is 4.25. The van der Waals surface area contributed by atoms with Gasteiger partial charge in [-0.2, -0.15) is 0 Å². The lowest BCUT2D eigenvalue weighted by molar-refractivity contribution is -0.123. The zero-order chi connectivity index (χ0) is 13.5. The molecule has 0 bridgehead atoms. The summed E-state index contributed by atoms with van der Waals surface area (Å²) in [6.45, 7) is 1.58. The molecule has 0 fully saturated rings. The van der Waals surface area contributed by atoms with Gasteiger partial charge in [-0.15, -0.1) is 0 Å². The minimum atomic E-state index is -0.464. The predicted molar refractivity (Wildman–Crippen MR) is 66.2 cm³/mol. The lowest BCUT2D eigenvalue weighted by Gasteiger charge is -2.13. The Balaban J connectivity index is 2.42. The van der Waals surface area contributed by atoms with E-state index in [1.54, 1.807) is 6.92 Å². The minimum Gasteiger partial charge on any atom is -0.482 e. The molecular formula is C12H15ClFNO3. The number of hydrogen-bond acceptors (Lipinski definition) is 3. The van der Waals surface area contributed by atoms with Gasteiger partial charge in [0.2, 0.25) is 0 Å². The molecule has 4 nitrogen and oxygen atoms in total. The van der Waals surface area contributed by atoms with Crippen molar-refractivity contribution in [3.8, 4) is 5.75 Å². The smallest absolute Gasteiger partial charge is 0.258 e. The van der Waals surface area contributed by atoms with Gasteiger partial charge < -0.3 is 15.2 Å². The Morgan fingerprint density at radius 1 is 1.61 bits per heavy atom. The molecule has 0 aliphatic carbocycles. The Labute approximate surface area is 110 Å². The normalized spacial score (nSPS) is 12.0. The molecule has 2 N–H and O–H groups in total. The fraction of sp³-hybridized carbons (Fsp3) is 0.417. The van der Waals surface area contributed by atoms with E-state index in [1.165, 1.54) is 12.1 Å². The highest BCUT2D eigenvalue weighted by Crippen LogP contribution is 2.24. The van der Waals surface area contributed by atoms with Crippen LogP contribution in [0.1, 0.15) is 13.3 Å². The summed E-state index contributed by atoms with van der Waals surface area (Å²) in [6, 6.07) is 3.55. The molecule has 0 aromatic heterocycles. The number of rotatable bonds is 6. The highest BCUT2D eigenvalue weighted by atomic mass is 35.5. The molecule has 18 heavy (non-hydrogen) atoms. The summed E-state index contributed by atoms with van der Waals surface area (Å²) in [4.78, 5) is 11.4. The maximum absolute atomic E-state index is 12.8. The third-order valence-corrected chi connectivity index (χ3v) is 2.52. The molecule has 0 radical (unpaired) electrons. The van der Waals surface area contributed by atoms with E-state index in [0.717, 1.165) is 6.07 Å². The van der Waals surface area contributed by atoms with Gasteiger partial charge in [-0.1, -0.05) is 11.6 Å². The number of carbonyl (C=O) groups is 1. The Hall–Kier alpha value is -1.33. The number of hydrogen-bond donors (Lipinski definition) is 2. The van der Waals surface area contributed by atoms with E-state index >= 15 is 0 Å². The van der Waals surface area contributed by atoms with Crippen LogP contribution in [0.25, 0.3) is 0 Å². The van der Waals surface area contributed by atoms with E-state index < -0.39 is 5.82 Å². The second kappa shape index (κ2) is 7.18. The number of aliphatic hydroxyl groups excluding tert-OH is 1. The van der Waals surface area contributed by atoms with Crippen LogP contribution in [0.4, 0.5) is 4.39 Å². The van der Waals surface area contributed by atoms with Crippen LogP contribution < -0.4 is 10.1 Å². The summed E-state index contributed by atoms with van der Waals surface area (Å²) in [5, 5.41) is 11.4. The summed E-state index contributed by atoms with van der Waals surface area (Å²) < 4.78 is 17.9. The monoisotopic (exact) mass is 275 g/mol. The maximum Gasteiger partial charge on any atom is 0.258 e. The molecule has 100 valence electrons. The number of benzene rings is 1. The molecule has 1 amide bonds. The van der Waals surface area contributed by atoms with Crippen molar-refractivity contribution >= 4 is 17.5 Å². The zero-order valence-electron chi connectivity index (χ0n) is 9.95. The van der Waals surface area contributed by atoms with Gasteiger partial charge >= 0.3 is 0 Å². The Morgan fingerprint density at radius 3 is 2.94 bits per heavy atom. The lowest BCUT2D eigenvalue weighted by atomic mass is 10.2. The third kappa shape index (κ3) is 4.89. The molecule has 0 saturated heterocycles. The lowest BCUT2D eigenvalue weighted by Crippen LogP contribution is -2.36. The standard InChI is InChI=1S/C12H15ClFNO3/c1-8(4-5-16)15-12(17)7-18-11-3-2-9(14)6-10(11)13/h2-3,6,8,16H,4-5,7H2,1H3,(H,15,17). The first kappa shape index (κ1) is 14.7. The Kier molecular flexibility index (Phi) is 5.88. The Bertz CT molecular complexity index is 414. The average Bonchev–Trinajstić information content (AvgIpc) is 2.28. The van der Waals surface area contributed by atoms with E-state index in [-0.39, 0.29) is 35.9 Å². The van der Waals surface area contributed by atoms with E-state index in [0.29, 0.717) is 6.42 Å². The van der Waals surface area contributed by atoms with Crippen LogP contribution in [0.2, 0.25) is 5.02 Å². The molecule has 1 unspecified atom stereocenters. The molecule has 6 heteroatoms. The number of carbonyl (C=O) groups excluding carboxylic acids is 1. The van der Waals surface area contributed by atoms with Crippen LogP contribution in [0, 0.1) is 5.82 Å². The first-order valence-electron chi connectivity index (χ1n) is 5.51. The van der Waals surface area contributed by atoms with E-state index in [4.69, 9.17) is 21.4 Å². The van der Waals surface area contributed by atoms with Crippen LogP contribution in [-0.2, 0) is 4.79 Å². The summed E-state index contributed by atoms with van der Waals surface area (Å²) >= 11 is 5.74. The molecule has 0 aliphatic heterocycles. The number of nitrogens with one attached hydrogen (secondary N) is 1. The number of aliphatic hydroxyl groups is 1. The van der Waals surface area contributed by atoms with Gasteiger partial charge in [-0.25, -0.2) is 4.39 Å². The molecule has 0 saturated carbocycles. The summed E-state index contributed by atoms with van der Waals surface area (Å²) in [7, 11) is 0. The van der Waals surface area contributed by atoms with Gasteiger partial charge in [-0.05, 0) is 31.5 Å².